The van der Waals surface area contributed by atoms with Crippen LogP contribution >= 0.6 is 0 Å². The molecule has 2 aliphatic rings. The zero-order chi connectivity index (χ0) is 19.9. The topological polar surface area (TPSA) is 52.6 Å². The molecule has 0 N–H and O–H groups in total. The van der Waals surface area contributed by atoms with Gasteiger partial charge in [0.05, 0.1) is 11.1 Å². The van der Waals surface area contributed by atoms with E-state index in [-0.39, 0.29) is 24.1 Å². The van der Waals surface area contributed by atoms with Crippen molar-refractivity contribution in [2.24, 2.45) is 11.8 Å². The van der Waals surface area contributed by atoms with Crippen LogP contribution in [0.2, 0.25) is 0 Å². The summed E-state index contributed by atoms with van der Waals surface area (Å²) in [6, 6.07) is 6.73. The Kier molecular flexibility index (Phi) is 7.52. The van der Waals surface area contributed by atoms with Crippen LogP contribution in [-0.4, -0.2) is 24.1 Å². The number of rotatable bonds is 6. The van der Waals surface area contributed by atoms with E-state index in [1.807, 2.05) is 0 Å². The maximum absolute atomic E-state index is 12.5. The van der Waals surface area contributed by atoms with Gasteiger partial charge in [-0.3, -0.25) is 0 Å². The Morgan fingerprint density at radius 2 is 1.07 bits per heavy atom. The number of hydrogen-bond donors (Lipinski definition) is 0. The summed E-state index contributed by atoms with van der Waals surface area (Å²) in [5, 5.41) is 0. The van der Waals surface area contributed by atoms with Crippen LogP contribution in [0.3, 0.4) is 0 Å². The van der Waals surface area contributed by atoms with Gasteiger partial charge >= 0.3 is 11.9 Å². The van der Waals surface area contributed by atoms with Crippen molar-refractivity contribution in [1.29, 1.82) is 0 Å². The summed E-state index contributed by atoms with van der Waals surface area (Å²) in [5.74, 6) is 0.357. The van der Waals surface area contributed by atoms with Gasteiger partial charge in [0.1, 0.15) is 12.2 Å². The molecule has 3 rings (SSSR count). The lowest BCUT2D eigenvalue weighted by Gasteiger charge is -2.30. The highest BCUT2D eigenvalue weighted by Gasteiger charge is 2.29. The first-order valence-corrected chi connectivity index (χ1v) is 11.1. The molecule has 0 bridgehead atoms. The minimum Gasteiger partial charge on any atom is -0.458 e. The monoisotopic (exact) mass is 386 g/mol. The predicted molar refractivity (Wildman–Crippen MR) is 109 cm³/mol. The predicted octanol–water partition coefficient (Wildman–Crippen LogP) is 5.94. The minimum absolute atomic E-state index is 0.0215. The molecule has 0 spiro atoms. The first-order chi connectivity index (χ1) is 13.6. The average Bonchev–Trinajstić information content (AvgIpc) is 2.74. The molecule has 0 saturated heterocycles. The summed E-state index contributed by atoms with van der Waals surface area (Å²) < 4.78 is 11.6. The van der Waals surface area contributed by atoms with Crippen LogP contribution in [0.4, 0.5) is 0 Å². The molecule has 4 unspecified atom stereocenters. The number of ether oxygens (including phenoxy) is 2. The van der Waals surface area contributed by atoms with Gasteiger partial charge in [0.2, 0.25) is 0 Å². The van der Waals surface area contributed by atoms with E-state index in [0.717, 1.165) is 51.4 Å². The van der Waals surface area contributed by atoms with Crippen molar-refractivity contribution in [2.45, 2.75) is 90.3 Å². The molecule has 0 aliphatic heterocycles. The quantitative estimate of drug-likeness (QED) is 0.568. The maximum atomic E-state index is 12.5. The van der Waals surface area contributed by atoms with E-state index < -0.39 is 0 Å². The smallest absolute Gasteiger partial charge is 0.338 e. The summed E-state index contributed by atoms with van der Waals surface area (Å²) in [6.45, 7) is 4.32. The Morgan fingerprint density at radius 1 is 0.714 bits per heavy atom. The molecule has 4 atom stereocenters. The Labute approximate surface area is 169 Å². The molecule has 154 valence electrons. The van der Waals surface area contributed by atoms with Crippen LogP contribution in [-0.2, 0) is 9.47 Å². The molecule has 4 heteroatoms. The van der Waals surface area contributed by atoms with Gasteiger partial charge in [-0.05, 0) is 87.5 Å². The molecule has 4 nitrogen and oxygen atoms in total. The molecule has 2 fully saturated rings. The summed E-state index contributed by atoms with van der Waals surface area (Å²) in [4.78, 5) is 25.0. The third-order valence-electron chi connectivity index (χ3n) is 6.60. The second-order valence-electron chi connectivity index (χ2n) is 8.37. The zero-order valence-corrected chi connectivity index (χ0v) is 17.3. The van der Waals surface area contributed by atoms with Crippen LogP contribution in [0, 0.1) is 11.8 Å². The Morgan fingerprint density at radius 3 is 1.43 bits per heavy atom. The zero-order valence-electron chi connectivity index (χ0n) is 17.3. The molecule has 0 heterocycles. The number of carbonyl (C=O) groups is 2. The molecular formula is C24H34O4. The lowest BCUT2D eigenvalue weighted by Crippen LogP contribution is -2.30. The largest absolute Gasteiger partial charge is 0.458 e. The van der Waals surface area contributed by atoms with Gasteiger partial charge in [0.25, 0.3) is 0 Å². The van der Waals surface area contributed by atoms with Crippen LogP contribution in [0.25, 0.3) is 0 Å². The molecule has 2 saturated carbocycles. The van der Waals surface area contributed by atoms with Crippen LogP contribution in [0.5, 0.6) is 0 Å². The van der Waals surface area contributed by atoms with Crippen LogP contribution in [0.15, 0.2) is 24.3 Å². The van der Waals surface area contributed by atoms with E-state index in [9.17, 15) is 9.59 Å². The number of esters is 2. The Hall–Kier alpha value is -1.84. The van der Waals surface area contributed by atoms with Crippen molar-refractivity contribution in [3.8, 4) is 0 Å². The average molecular weight is 387 g/mol. The van der Waals surface area contributed by atoms with E-state index in [0.29, 0.717) is 23.0 Å². The first kappa shape index (κ1) is 20.9. The van der Waals surface area contributed by atoms with Gasteiger partial charge in [0.15, 0.2) is 0 Å². The van der Waals surface area contributed by atoms with E-state index in [4.69, 9.17) is 9.47 Å². The second-order valence-corrected chi connectivity index (χ2v) is 8.37. The van der Waals surface area contributed by atoms with Crippen molar-refractivity contribution in [3.63, 3.8) is 0 Å². The lowest BCUT2D eigenvalue weighted by molar-refractivity contribution is -0.000494. The summed E-state index contributed by atoms with van der Waals surface area (Å²) in [7, 11) is 0. The van der Waals surface area contributed by atoms with E-state index >= 15 is 0 Å². The SMILES string of the molecule is CCC1CCCCC1OC(=O)c1ccc(C(=O)OC2CCCCC2CC)cc1. The highest BCUT2D eigenvalue weighted by molar-refractivity contribution is 5.93. The van der Waals surface area contributed by atoms with Crippen molar-refractivity contribution in [3.05, 3.63) is 35.4 Å². The third kappa shape index (κ3) is 5.15. The van der Waals surface area contributed by atoms with Gasteiger partial charge in [-0.1, -0.05) is 26.7 Å². The highest BCUT2D eigenvalue weighted by Crippen LogP contribution is 2.31. The molecule has 1 aromatic carbocycles. The van der Waals surface area contributed by atoms with Crippen LogP contribution < -0.4 is 0 Å². The van der Waals surface area contributed by atoms with Gasteiger partial charge < -0.3 is 9.47 Å². The minimum atomic E-state index is -0.288. The Bertz CT molecular complexity index is 594. The van der Waals surface area contributed by atoms with Gasteiger partial charge in [-0.15, -0.1) is 0 Å². The fourth-order valence-corrected chi connectivity index (χ4v) is 4.75. The van der Waals surface area contributed by atoms with E-state index in [1.54, 1.807) is 24.3 Å². The van der Waals surface area contributed by atoms with E-state index in [1.165, 1.54) is 12.8 Å². The molecule has 0 aromatic heterocycles. The fraction of sp³-hybridized carbons (Fsp3) is 0.667. The van der Waals surface area contributed by atoms with Crippen LogP contribution in [0.1, 0.15) is 98.8 Å². The first-order valence-electron chi connectivity index (χ1n) is 11.1. The number of benzene rings is 1. The standard InChI is InChI=1S/C24H34O4/c1-3-17-9-5-7-11-21(17)27-23(25)19-13-15-20(16-14-19)24(26)28-22-12-8-6-10-18(22)4-2/h13-18,21-22H,3-12H2,1-2H3. The van der Waals surface area contributed by atoms with Gasteiger partial charge in [0, 0.05) is 0 Å². The number of hydrogen-bond acceptors (Lipinski definition) is 4. The summed E-state index contributed by atoms with van der Waals surface area (Å²) in [6.07, 6.45) is 11.0. The molecule has 28 heavy (non-hydrogen) atoms. The number of carbonyl (C=O) groups excluding carboxylic acids is 2. The molecule has 0 amide bonds. The maximum Gasteiger partial charge on any atom is 0.338 e. The van der Waals surface area contributed by atoms with Crippen molar-refractivity contribution in [2.75, 3.05) is 0 Å². The molecule has 2 aliphatic carbocycles. The Balaban J connectivity index is 1.57. The second kappa shape index (κ2) is 10.1. The van der Waals surface area contributed by atoms with E-state index in [2.05, 4.69) is 13.8 Å². The summed E-state index contributed by atoms with van der Waals surface area (Å²) in [5.41, 5.74) is 1.00. The van der Waals surface area contributed by atoms with Crippen molar-refractivity contribution < 1.29 is 19.1 Å². The normalized spacial score (nSPS) is 27.8. The highest BCUT2D eigenvalue weighted by atomic mass is 16.5. The molecular weight excluding hydrogens is 352 g/mol. The fourth-order valence-electron chi connectivity index (χ4n) is 4.75. The van der Waals surface area contributed by atoms with Crippen molar-refractivity contribution >= 4 is 11.9 Å². The van der Waals surface area contributed by atoms with Gasteiger partial charge in [-0.25, -0.2) is 9.59 Å². The molecule has 0 radical (unpaired) electrons. The van der Waals surface area contributed by atoms with Gasteiger partial charge in [-0.2, -0.15) is 0 Å². The third-order valence-corrected chi connectivity index (χ3v) is 6.60. The summed E-state index contributed by atoms with van der Waals surface area (Å²) >= 11 is 0. The lowest BCUT2D eigenvalue weighted by atomic mass is 9.84. The van der Waals surface area contributed by atoms with Crippen molar-refractivity contribution in [1.82, 2.24) is 0 Å². The molecule has 1 aromatic rings.